The molecule has 3 heterocycles. The number of hydrogen-bond acceptors (Lipinski definition) is 2. The average Bonchev–Trinajstić information content (AvgIpc) is 1.92. The Balaban J connectivity index is 0.000000405. The molecule has 3 aliphatic rings. The topological polar surface area (TPSA) is 37.0 Å². The molecular weight excluding hydrogens is 114 g/mol. The molecule has 0 aromatic carbocycles. The third-order valence-electron chi connectivity index (χ3n) is 2.20. The van der Waals surface area contributed by atoms with Crippen molar-refractivity contribution < 1.29 is 0 Å². The lowest BCUT2D eigenvalue weighted by Gasteiger charge is -2.41. The average molecular weight is 126 g/mol. The largest absolute Gasteiger partial charge is 0.300 e. The zero-order valence-corrected chi connectivity index (χ0v) is 5.58. The van der Waals surface area contributed by atoms with Gasteiger partial charge in [0.15, 0.2) is 0 Å². The van der Waals surface area contributed by atoms with Crippen LogP contribution in [0, 0.1) is 0 Å². The molecule has 3 radical (unpaired) electrons. The number of rotatable bonds is 0. The highest BCUT2D eigenvalue weighted by molar-refractivity contribution is 4.78. The van der Waals surface area contributed by atoms with Crippen molar-refractivity contribution in [3.8, 4) is 0 Å². The Bertz CT molecular complexity index is 63.3. The van der Waals surface area contributed by atoms with Gasteiger partial charge in [-0.2, -0.15) is 0 Å². The van der Waals surface area contributed by atoms with Crippen LogP contribution in [0.5, 0.6) is 0 Å². The first-order chi connectivity index (χ1) is 3.95. The van der Waals surface area contributed by atoms with Crippen molar-refractivity contribution in [1.29, 1.82) is 0 Å². The maximum atomic E-state index is 2.54. The van der Waals surface area contributed by atoms with E-state index in [1.54, 1.807) is 0 Å². The van der Waals surface area contributed by atoms with Crippen LogP contribution in [0.2, 0.25) is 0 Å². The summed E-state index contributed by atoms with van der Waals surface area (Å²) >= 11 is 0. The number of hydrogen-bond donors (Lipinski definition) is 0. The Morgan fingerprint density at radius 2 is 0.778 bits per heavy atom. The van der Waals surface area contributed by atoms with Gasteiger partial charge in [0.05, 0.1) is 0 Å². The van der Waals surface area contributed by atoms with Gasteiger partial charge in [0.25, 0.3) is 0 Å². The summed E-state index contributed by atoms with van der Waals surface area (Å²) in [5.74, 6) is 0. The monoisotopic (exact) mass is 126 g/mol. The third kappa shape index (κ3) is 1.23. The van der Waals surface area contributed by atoms with Gasteiger partial charge >= 0.3 is 0 Å². The lowest BCUT2D eigenvalue weighted by Crippen LogP contribution is -2.55. The second-order valence-corrected chi connectivity index (χ2v) is 2.68. The standard InChI is InChI=1S/C6H12N2.N/c1-2-8-5-3-7(1)4-6-8;/h1-6H2;. The molecule has 0 unspecified atom stereocenters. The van der Waals surface area contributed by atoms with Gasteiger partial charge in [-0.05, 0) is 0 Å². The van der Waals surface area contributed by atoms with Crippen LogP contribution in [-0.4, -0.2) is 49.1 Å². The van der Waals surface area contributed by atoms with Crippen molar-refractivity contribution in [1.82, 2.24) is 16.0 Å². The molecule has 0 spiro atoms. The molecule has 0 aromatic heterocycles. The lowest BCUT2D eigenvalue weighted by molar-refractivity contribution is 0.0647. The van der Waals surface area contributed by atoms with E-state index in [1.807, 2.05) is 0 Å². The van der Waals surface area contributed by atoms with E-state index in [0.717, 1.165) is 0 Å². The summed E-state index contributed by atoms with van der Waals surface area (Å²) in [6.07, 6.45) is 0. The van der Waals surface area contributed by atoms with Crippen LogP contribution < -0.4 is 6.15 Å². The summed E-state index contributed by atoms with van der Waals surface area (Å²) in [6, 6.07) is 0. The highest BCUT2D eigenvalue weighted by Crippen LogP contribution is 2.06. The maximum Gasteiger partial charge on any atom is 0.0110 e. The van der Waals surface area contributed by atoms with Crippen molar-refractivity contribution >= 4 is 0 Å². The first-order valence-corrected chi connectivity index (χ1v) is 3.40. The molecule has 3 rings (SSSR count). The highest BCUT2D eigenvalue weighted by Gasteiger charge is 2.21. The maximum absolute atomic E-state index is 2.54. The van der Waals surface area contributed by atoms with Gasteiger partial charge in [0.2, 0.25) is 0 Å². The van der Waals surface area contributed by atoms with Crippen molar-refractivity contribution in [3.05, 3.63) is 0 Å². The van der Waals surface area contributed by atoms with E-state index in [9.17, 15) is 0 Å². The van der Waals surface area contributed by atoms with Crippen molar-refractivity contribution in [2.45, 2.75) is 0 Å². The molecule has 51 valence electrons. The van der Waals surface area contributed by atoms with Crippen LogP contribution in [0.15, 0.2) is 0 Å². The molecular formula is C6H12N3. The third-order valence-corrected chi connectivity index (χ3v) is 2.20. The molecule has 9 heavy (non-hydrogen) atoms. The van der Waals surface area contributed by atoms with Gasteiger partial charge in [-0.15, -0.1) is 0 Å². The summed E-state index contributed by atoms with van der Waals surface area (Å²) in [5.41, 5.74) is 0. The van der Waals surface area contributed by atoms with E-state index in [4.69, 9.17) is 0 Å². The van der Waals surface area contributed by atoms with Crippen molar-refractivity contribution in [2.75, 3.05) is 39.3 Å². The number of fused-ring (bicyclic) bond motifs is 3. The van der Waals surface area contributed by atoms with Gasteiger partial charge in [-0.25, -0.2) is 0 Å². The molecule has 0 aromatic rings. The van der Waals surface area contributed by atoms with Crippen LogP contribution in [0.3, 0.4) is 0 Å². The summed E-state index contributed by atoms with van der Waals surface area (Å²) in [5, 5.41) is 0. The Hall–Kier alpha value is -0.120. The molecule has 0 atom stereocenters. The molecule has 3 aliphatic heterocycles. The minimum Gasteiger partial charge on any atom is -0.300 e. The van der Waals surface area contributed by atoms with Crippen molar-refractivity contribution in [3.63, 3.8) is 0 Å². The van der Waals surface area contributed by atoms with Gasteiger partial charge < -0.3 is 0 Å². The van der Waals surface area contributed by atoms with Crippen molar-refractivity contribution in [2.24, 2.45) is 0 Å². The molecule has 3 saturated heterocycles. The smallest absolute Gasteiger partial charge is 0.0110 e. The second kappa shape index (κ2) is 2.64. The van der Waals surface area contributed by atoms with E-state index in [-0.39, 0.29) is 6.15 Å². The predicted octanol–water partition coefficient (Wildman–Crippen LogP) is -0.863. The van der Waals surface area contributed by atoms with Crippen LogP contribution in [-0.2, 0) is 0 Å². The number of piperazine rings is 3. The summed E-state index contributed by atoms with van der Waals surface area (Å²) in [4.78, 5) is 5.08. The second-order valence-electron chi connectivity index (χ2n) is 2.68. The minimum absolute atomic E-state index is 0. The zero-order valence-electron chi connectivity index (χ0n) is 5.58. The van der Waals surface area contributed by atoms with E-state index < -0.39 is 0 Å². The SMILES string of the molecule is C1CN2CCN1CC2.[N]. The van der Waals surface area contributed by atoms with Gasteiger partial charge in [0, 0.05) is 45.4 Å². The summed E-state index contributed by atoms with van der Waals surface area (Å²) in [6.45, 7) is 7.92. The Labute approximate surface area is 56.2 Å². The van der Waals surface area contributed by atoms with E-state index >= 15 is 0 Å². The van der Waals surface area contributed by atoms with Gasteiger partial charge in [0.1, 0.15) is 0 Å². The molecule has 3 fully saturated rings. The van der Waals surface area contributed by atoms with E-state index in [0.29, 0.717) is 0 Å². The lowest BCUT2D eigenvalue weighted by atomic mass is 10.2. The zero-order chi connectivity index (χ0) is 5.40. The Morgan fingerprint density at radius 1 is 0.556 bits per heavy atom. The van der Waals surface area contributed by atoms with Crippen LogP contribution >= 0.6 is 0 Å². The van der Waals surface area contributed by atoms with Crippen LogP contribution in [0.1, 0.15) is 0 Å². The molecule has 0 saturated carbocycles. The number of nitrogens with zero attached hydrogens (tertiary/aromatic N) is 3. The van der Waals surface area contributed by atoms with Gasteiger partial charge in [-0.3, -0.25) is 9.80 Å². The van der Waals surface area contributed by atoms with Gasteiger partial charge in [-0.1, -0.05) is 0 Å². The molecule has 0 N–H and O–H groups in total. The van der Waals surface area contributed by atoms with E-state index in [1.165, 1.54) is 39.3 Å². The highest BCUT2D eigenvalue weighted by atomic mass is 15.3. The Morgan fingerprint density at radius 3 is 0.889 bits per heavy atom. The molecule has 2 bridgehead atoms. The summed E-state index contributed by atoms with van der Waals surface area (Å²) < 4.78 is 0. The first-order valence-electron chi connectivity index (χ1n) is 3.40. The molecule has 3 heteroatoms. The molecule has 0 amide bonds. The Kier molecular flexibility index (Phi) is 2.05. The summed E-state index contributed by atoms with van der Waals surface area (Å²) in [7, 11) is 0. The van der Waals surface area contributed by atoms with Crippen LogP contribution in [0.25, 0.3) is 0 Å². The first kappa shape index (κ1) is 6.99. The molecule has 3 nitrogen and oxygen atoms in total. The minimum atomic E-state index is 0. The predicted molar refractivity (Wildman–Crippen MR) is 35.0 cm³/mol. The molecule has 0 aliphatic carbocycles. The van der Waals surface area contributed by atoms with Crippen LogP contribution in [0.4, 0.5) is 0 Å². The van der Waals surface area contributed by atoms with E-state index in [2.05, 4.69) is 9.80 Å². The fourth-order valence-corrected chi connectivity index (χ4v) is 1.52. The normalized spacial score (nSPS) is 40.0. The fourth-order valence-electron chi connectivity index (χ4n) is 1.52. The fraction of sp³-hybridized carbons (Fsp3) is 1.00. The quantitative estimate of drug-likeness (QED) is 0.423.